The smallest absolute Gasteiger partial charge is 0.335 e. The molecule has 4 nitrogen and oxygen atoms in total. The molecule has 3 aliphatic carbocycles. The van der Waals surface area contributed by atoms with Crippen molar-refractivity contribution in [2.24, 2.45) is 23.2 Å². The number of carboxylic acid groups (broad SMARTS) is 1. The fraction of sp³-hybridized carbons (Fsp3) is 0.552. The number of carboxylic acids is 1. The summed E-state index contributed by atoms with van der Waals surface area (Å²) in [5, 5.41) is 29.5. The van der Waals surface area contributed by atoms with Crippen molar-refractivity contribution >= 4 is 5.97 Å². The summed E-state index contributed by atoms with van der Waals surface area (Å²) >= 11 is 0. The second-order valence-electron chi connectivity index (χ2n) is 10.9. The van der Waals surface area contributed by atoms with E-state index in [0.717, 1.165) is 29.6 Å². The molecule has 3 fully saturated rings. The summed E-state index contributed by atoms with van der Waals surface area (Å²) < 4.78 is 0. The molecule has 3 aliphatic rings. The minimum Gasteiger partial charge on any atom is -0.478 e. The number of hydrogen-bond acceptors (Lipinski definition) is 3. The molecule has 0 bridgehead atoms. The van der Waals surface area contributed by atoms with Crippen molar-refractivity contribution in [3.05, 3.63) is 70.8 Å². The molecule has 0 aliphatic heterocycles. The average molecular weight is 451 g/mol. The Hall–Kier alpha value is -2.17. The van der Waals surface area contributed by atoms with E-state index in [-0.39, 0.29) is 5.41 Å². The van der Waals surface area contributed by atoms with Crippen LogP contribution in [0.4, 0.5) is 0 Å². The van der Waals surface area contributed by atoms with Crippen LogP contribution in [0.1, 0.15) is 74.7 Å². The molecule has 3 saturated carbocycles. The molecular weight excluding hydrogens is 412 g/mol. The molecule has 0 spiro atoms. The van der Waals surface area contributed by atoms with Crippen LogP contribution < -0.4 is 0 Å². The zero-order chi connectivity index (χ0) is 23.8. The van der Waals surface area contributed by atoms with Crippen molar-refractivity contribution in [1.82, 2.24) is 0 Å². The number of hydrogen-bond donors (Lipinski definition) is 3. The van der Waals surface area contributed by atoms with Crippen LogP contribution in [-0.4, -0.2) is 33.5 Å². The Balaban J connectivity index is 1.51. The fourth-order valence-corrected chi connectivity index (χ4v) is 7.02. The first kappa shape index (κ1) is 24.0. The molecule has 0 unspecified atom stereocenters. The van der Waals surface area contributed by atoms with Gasteiger partial charge in [0.05, 0.1) is 17.8 Å². The van der Waals surface area contributed by atoms with Gasteiger partial charge >= 0.3 is 5.97 Å². The summed E-state index contributed by atoms with van der Waals surface area (Å²) in [6, 6.07) is 7.39. The van der Waals surface area contributed by atoms with Crippen molar-refractivity contribution in [1.29, 1.82) is 0 Å². The fourth-order valence-electron chi connectivity index (χ4n) is 7.02. The van der Waals surface area contributed by atoms with E-state index in [2.05, 4.69) is 38.6 Å². The molecule has 0 amide bonds. The van der Waals surface area contributed by atoms with Gasteiger partial charge in [0.1, 0.15) is 0 Å². The van der Waals surface area contributed by atoms with Crippen LogP contribution in [0.25, 0.3) is 0 Å². The predicted molar refractivity (Wildman–Crippen MR) is 131 cm³/mol. The Kier molecular flexibility index (Phi) is 6.97. The van der Waals surface area contributed by atoms with Crippen LogP contribution in [0.2, 0.25) is 0 Å². The molecule has 1 aromatic rings. The van der Waals surface area contributed by atoms with Crippen LogP contribution in [0, 0.1) is 23.2 Å². The zero-order valence-electron chi connectivity index (χ0n) is 20.0. The molecule has 4 rings (SSSR count). The highest BCUT2D eigenvalue weighted by Gasteiger charge is 2.50. The molecule has 0 heterocycles. The van der Waals surface area contributed by atoms with Gasteiger partial charge in [-0.3, -0.25) is 0 Å². The Morgan fingerprint density at radius 2 is 2.06 bits per heavy atom. The highest BCUT2D eigenvalue weighted by molar-refractivity contribution is 5.87. The van der Waals surface area contributed by atoms with Crippen molar-refractivity contribution in [3.8, 4) is 0 Å². The van der Waals surface area contributed by atoms with E-state index < -0.39 is 18.2 Å². The number of carbonyl (C=O) groups is 1. The summed E-state index contributed by atoms with van der Waals surface area (Å²) in [6.45, 7) is 8.85. The third-order valence-corrected chi connectivity index (χ3v) is 8.72. The van der Waals surface area contributed by atoms with Crippen molar-refractivity contribution in [3.63, 3.8) is 0 Å². The number of fused-ring (bicyclic) bond motifs is 1. The lowest BCUT2D eigenvalue weighted by Gasteiger charge is -2.44. The largest absolute Gasteiger partial charge is 0.478 e. The standard InChI is InChI=1S/C29H38O4/c1-18(14-20-6-4-7-23(15-20)28(32)33)25-11-12-26-21(8-5-13-29(25,26)3)9-10-22-16-24(30)17-27(31)19(22)2/h4,6-7,9-10,15,18,24-27,30-31H,2,5,8,11-14,16-17H2,1,3H3,(H,32,33)/b21-9+,22-10-/t18-,24-,25-,26+,27+,29-/m1/s1. The maximum Gasteiger partial charge on any atom is 0.335 e. The molecule has 0 saturated heterocycles. The summed E-state index contributed by atoms with van der Waals surface area (Å²) in [4.78, 5) is 11.4. The van der Waals surface area contributed by atoms with Gasteiger partial charge in [0, 0.05) is 6.42 Å². The van der Waals surface area contributed by atoms with E-state index in [4.69, 9.17) is 0 Å². The van der Waals surface area contributed by atoms with E-state index in [1.807, 2.05) is 12.1 Å². The van der Waals surface area contributed by atoms with E-state index in [9.17, 15) is 20.1 Å². The molecule has 178 valence electrons. The second-order valence-corrected chi connectivity index (χ2v) is 10.9. The lowest BCUT2D eigenvalue weighted by Crippen LogP contribution is -2.36. The Morgan fingerprint density at radius 1 is 1.27 bits per heavy atom. The summed E-state index contributed by atoms with van der Waals surface area (Å²) in [6.07, 6.45) is 11.0. The topological polar surface area (TPSA) is 77.8 Å². The Labute approximate surface area is 197 Å². The lowest BCUT2D eigenvalue weighted by atomic mass is 9.60. The van der Waals surface area contributed by atoms with Gasteiger partial charge < -0.3 is 15.3 Å². The first-order chi connectivity index (χ1) is 15.7. The minimum atomic E-state index is -0.866. The number of rotatable bonds is 5. The monoisotopic (exact) mass is 450 g/mol. The molecule has 1 aromatic carbocycles. The van der Waals surface area contributed by atoms with E-state index in [0.29, 0.717) is 36.2 Å². The predicted octanol–water partition coefficient (Wildman–Crippen LogP) is 5.70. The van der Waals surface area contributed by atoms with Gasteiger partial charge in [-0.05, 0) is 97.0 Å². The highest BCUT2D eigenvalue weighted by atomic mass is 16.4. The Morgan fingerprint density at radius 3 is 2.82 bits per heavy atom. The number of aromatic carboxylic acids is 1. The molecule has 33 heavy (non-hydrogen) atoms. The number of benzene rings is 1. The molecular formula is C29H38O4. The highest BCUT2D eigenvalue weighted by Crippen LogP contribution is 2.59. The number of allylic oxidation sites excluding steroid dienone is 3. The van der Waals surface area contributed by atoms with Crippen LogP contribution >= 0.6 is 0 Å². The SMILES string of the molecule is C=C1/C(=C\C=C2/CCC[C@]3(C)[C@@H]([C@H](C)Cc4cccc(C(=O)O)c4)CC[C@@H]23)C[C@@H](O)C[C@@H]1O. The van der Waals surface area contributed by atoms with E-state index >= 15 is 0 Å². The third-order valence-electron chi connectivity index (χ3n) is 8.72. The van der Waals surface area contributed by atoms with Crippen LogP contribution in [0.15, 0.2) is 59.7 Å². The van der Waals surface area contributed by atoms with Crippen LogP contribution in [0.5, 0.6) is 0 Å². The quantitative estimate of drug-likeness (QED) is 0.537. The molecule has 6 atom stereocenters. The molecule has 0 aromatic heterocycles. The number of aliphatic hydroxyl groups excluding tert-OH is 2. The second kappa shape index (κ2) is 9.60. The first-order valence-corrected chi connectivity index (χ1v) is 12.5. The average Bonchev–Trinajstić information content (AvgIpc) is 3.13. The minimum absolute atomic E-state index is 0.259. The van der Waals surface area contributed by atoms with Crippen molar-refractivity contribution in [2.45, 2.75) is 77.4 Å². The lowest BCUT2D eigenvalue weighted by molar-refractivity contribution is 0.0696. The molecule has 4 heteroatoms. The zero-order valence-corrected chi connectivity index (χ0v) is 20.0. The maximum atomic E-state index is 11.4. The van der Waals surface area contributed by atoms with Gasteiger partial charge in [-0.15, -0.1) is 0 Å². The van der Waals surface area contributed by atoms with Crippen molar-refractivity contribution < 1.29 is 20.1 Å². The maximum absolute atomic E-state index is 11.4. The summed E-state index contributed by atoms with van der Waals surface area (Å²) in [7, 11) is 0. The van der Waals surface area contributed by atoms with Crippen LogP contribution in [0.3, 0.4) is 0 Å². The van der Waals surface area contributed by atoms with E-state index in [1.165, 1.54) is 31.3 Å². The van der Waals surface area contributed by atoms with E-state index in [1.54, 1.807) is 6.07 Å². The summed E-state index contributed by atoms with van der Waals surface area (Å²) in [5.74, 6) is 0.799. The van der Waals surface area contributed by atoms with Gasteiger partial charge in [0.2, 0.25) is 0 Å². The molecule has 0 radical (unpaired) electrons. The van der Waals surface area contributed by atoms with Crippen molar-refractivity contribution in [2.75, 3.05) is 0 Å². The Bertz CT molecular complexity index is 974. The van der Waals surface area contributed by atoms with Gasteiger partial charge in [0.15, 0.2) is 0 Å². The van der Waals surface area contributed by atoms with Gasteiger partial charge in [-0.25, -0.2) is 4.79 Å². The first-order valence-electron chi connectivity index (χ1n) is 12.5. The summed E-state index contributed by atoms with van der Waals surface area (Å²) in [5.41, 5.74) is 4.96. The van der Waals surface area contributed by atoms with Crippen LogP contribution in [-0.2, 0) is 6.42 Å². The van der Waals surface area contributed by atoms with Gasteiger partial charge in [0.25, 0.3) is 0 Å². The number of aliphatic hydroxyl groups is 2. The molecule has 3 N–H and O–H groups in total. The van der Waals surface area contributed by atoms with Gasteiger partial charge in [-0.1, -0.05) is 50.3 Å². The van der Waals surface area contributed by atoms with Gasteiger partial charge in [-0.2, -0.15) is 0 Å². The third kappa shape index (κ3) is 4.88. The normalized spacial score (nSPS) is 35.6.